The minimum absolute atomic E-state index is 0.535. The van der Waals surface area contributed by atoms with Crippen molar-refractivity contribution in [3.8, 4) is 0 Å². The molecule has 94 valence electrons. The highest BCUT2D eigenvalue weighted by Gasteiger charge is 2.26. The van der Waals surface area contributed by atoms with E-state index in [9.17, 15) is 0 Å². The highest BCUT2D eigenvalue weighted by molar-refractivity contribution is 9.10. The number of hydrogen-bond donors (Lipinski definition) is 1. The van der Waals surface area contributed by atoms with Gasteiger partial charge in [0.15, 0.2) is 0 Å². The van der Waals surface area contributed by atoms with Crippen LogP contribution in [0.15, 0.2) is 28.7 Å². The first-order valence-electron chi connectivity index (χ1n) is 6.80. The van der Waals surface area contributed by atoms with Crippen LogP contribution >= 0.6 is 15.9 Å². The van der Waals surface area contributed by atoms with Crippen molar-refractivity contribution in [2.45, 2.75) is 45.1 Å². The molecule has 1 aliphatic rings. The van der Waals surface area contributed by atoms with Gasteiger partial charge in [-0.2, -0.15) is 0 Å². The first-order valence-corrected chi connectivity index (χ1v) is 7.60. The van der Waals surface area contributed by atoms with Gasteiger partial charge in [-0.15, -0.1) is 0 Å². The summed E-state index contributed by atoms with van der Waals surface area (Å²) in [6, 6.07) is 9.20. The van der Waals surface area contributed by atoms with Crippen LogP contribution in [0, 0.1) is 5.92 Å². The SMILES string of the molecule is CCCNC(c1ccccc1Br)C1CCCC1. The topological polar surface area (TPSA) is 12.0 Å². The van der Waals surface area contributed by atoms with Crippen LogP contribution in [0.1, 0.15) is 50.6 Å². The highest BCUT2D eigenvalue weighted by atomic mass is 79.9. The molecule has 1 saturated carbocycles. The summed E-state index contributed by atoms with van der Waals surface area (Å²) in [6.07, 6.45) is 6.76. The maximum absolute atomic E-state index is 3.74. The lowest BCUT2D eigenvalue weighted by Crippen LogP contribution is -2.28. The molecule has 0 spiro atoms. The van der Waals surface area contributed by atoms with Crippen LogP contribution in [-0.2, 0) is 0 Å². The third kappa shape index (κ3) is 3.32. The molecule has 17 heavy (non-hydrogen) atoms. The van der Waals surface area contributed by atoms with Crippen LogP contribution in [0.25, 0.3) is 0 Å². The normalized spacial score (nSPS) is 18.5. The van der Waals surface area contributed by atoms with E-state index in [1.807, 2.05) is 0 Å². The van der Waals surface area contributed by atoms with Crippen molar-refractivity contribution in [3.05, 3.63) is 34.3 Å². The maximum Gasteiger partial charge on any atom is 0.0359 e. The Morgan fingerprint density at radius 3 is 2.65 bits per heavy atom. The fourth-order valence-corrected chi connectivity index (χ4v) is 3.38. The second-order valence-corrected chi connectivity index (χ2v) is 5.85. The van der Waals surface area contributed by atoms with Crippen molar-refractivity contribution in [3.63, 3.8) is 0 Å². The van der Waals surface area contributed by atoms with Crippen molar-refractivity contribution in [1.82, 2.24) is 5.32 Å². The Kier molecular flexibility index (Phi) is 5.05. The Morgan fingerprint density at radius 2 is 2.00 bits per heavy atom. The van der Waals surface area contributed by atoms with E-state index in [0.717, 1.165) is 12.5 Å². The average Bonchev–Trinajstić information content (AvgIpc) is 2.85. The third-order valence-corrected chi connectivity index (χ3v) is 4.45. The average molecular weight is 296 g/mol. The van der Waals surface area contributed by atoms with Gasteiger partial charge in [0.2, 0.25) is 0 Å². The molecule has 2 heteroatoms. The lowest BCUT2D eigenvalue weighted by atomic mass is 9.91. The summed E-state index contributed by atoms with van der Waals surface area (Å²) in [7, 11) is 0. The van der Waals surface area contributed by atoms with Gasteiger partial charge in [0.05, 0.1) is 0 Å². The van der Waals surface area contributed by atoms with E-state index in [0.29, 0.717) is 6.04 Å². The van der Waals surface area contributed by atoms with Gasteiger partial charge >= 0.3 is 0 Å². The van der Waals surface area contributed by atoms with Crippen LogP contribution in [0.5, 0.6) is 0 Å². The minimum Gasteiger partial charge on any atom is -0.310 e. The molecule has 1 atom stereocenters. The number of halogens is 1. The Bertz CT molecular complexity index is 345. The van der Waals surface area contributed by atoms with Crippen molar-refractivity contribution in [2.75, 3.05) is 6.54 Å². The molecule has 0 aliphatic heterocycles. The third-order valence-electron chi connectivity index (χ3n) is 3.73. The quantitative estimate of drug-likeness (QED) is 0.832. The summed E-state index contributed by atoms with van der Waals surface area (Å²) in [5.41, 5.74) is 1.44. The highest BCUT2D eigenvalue weighted by Crippen LogP contribution is 2.38. The molecule has 1 aromatic rings. The first kappa shape index (κ1) is 13.1. The predicted octanol–water partition coefficient (Wildman–Crippen LogP) is 4.68. The van der Waals surface area contributed by atoms with Gasteiger partial charge in [-0.3, -0.25) is 0 Å². The van der Waals surface area contributed by atoms with E-state index in [4.69, 9.17) is 0 Å². The van der Waals surface area contributed by atoms with E-state index < -0.39 is 0 Å². The van der Waals surface area contributed by atoms with Crippen molar-refractivity contribution < 1.29 is 0 Å². The fraction of sp³-hybridized carbons (Fsp3) is 0.600. The molecular weight excluding hydrogens is 274 g/mol. The van der Waals surface area contributed by atoms with Crippen LogP contribution < -0.4 is 5.32 Å². The molecule has 1 N–H and O–H groups in total. The van der Waals surface area contributed by atoms with Crippen LogP contribution in [0.3, 0.4) is 0 Å². The molecule has 0 saturated heterocycles. The van der Waals surface area contributed by atoms with Gasteiger partial charge in [-0.1, -0.05) is 53.9 Å². The Balaban J connectivity index is 2.16. The molecule has 1 aromatic carbocycles. The Labute approximate surface area is 113 Å². The first-order chi connectivity index (χ1) is 8.33. The number of hydrogen-bond acceptors (Lipinski definition) is 1. The number of rotatable bonds is 5. The summed E-state index contributed by atoms with van der Waals surface area (Å²) in [4.78, 5) is 0. The smallest absolute Gasteiger partial charge is 0.0359 e. The van der Waals surface area contributed by atoms with E-state index in [1.54, 1.807) is 0 Å². The molecule has 1 aliphatic carbocycles. The summed E-state index contributed by atoms with van der Waals surface area (Å²) in [5, 5.41) is 3.74. The second kappa shape index (κ2) is 6.55. The zero-order valence-electron chi connectivity index (χ0n) is 10.6. The molecule has 2 rings (SSSR count). The standard InChI is InChI=1S/C15H22BrN/c1-2-11-17-15(12-7-3-4-8-12)13-9-5-6-10-14(13)16/h5-6,9-10,12,15,17H,2-4,7-8,11H2,1H3. The molecule has 1 unspecified atom stereocenters. The molecule has 0 amide bonds. The van der Waals surface area contributed by atoms with Crippen LogP contribution in [0.2, 0.25) is 0 Å². The summed E-state index contributed by atoms with van der Waals surface area (Å²) >= 11 is 3.70. The molecule has 0 radical (unpaired) electrons. The Morgan fingerprint density at radius 1 is 1.29 bits per heavy atom. The second-order valence-electron chi connectivity index (χ2n) is 5.00. The monoisotopic (exact) mass is 295 g/mol. The lowest BCUT2D eigenvalue weighted by Gasteiger charge is -2.26. The van der Waals surface area contributed by atoms with E-state index in [-0.39, 0.29) is 0 Å². The zero-order valence-corrected chi connectivity index (χ0v) is 12.2. The molecule has 1 nitrogen and oxygen atoms in total. The number of benzene rings is 1. The zero-order chi connectivity index (χ0) is 12.1. The van der Waals surface area contributed by atoms with Gasteiger partial charge < -0.3 is 5.32 Å². The van der Waals surface area contributed by atoms with Crippen molar-refractivity contribution in [2.24, 2.45) is 5.92 Å². The summed E-state index contributed by atoms with van der Waals surface area (Å²) in [5.74, 6) is 0.820. The predicted molar refractivity (Wildman–Crippen MR) is 77.1 cm³/mol. The van der Waals surface area contributed by atoms with Gasteiger partial charge in [0.25, 0.3) is 0 Å². The van der Waals surface area contributed by atoms with E-state index in [1.165, 1.54) is 42.1 Å². The Hall–Kier alpha value is -0.340. The van der Waals surface area contributed by atoms with Gasteiger partial charge in [0.1, 0.15) is 0 Å². The van der Waals surface area contributed by atoms with Gasteiger partial charge in [-0.25, -0.2) is 0 Å². The molecule has 0 aromatic heterocycles. The van der Waals surface area contributed by atoms with Crippen molar-refractivity contribution >= 4 is 15.9 Å². The van der Waals surface area contributed by atoms with Crippen molar-refractivity contribution in [1.29, 1.82) is 0 Å². The fourth-order valence-electron chi connectivity index (χ4n) is 2.85. The maximum atomic E-state index is 3.74. The van der Waals surface area contributed by atoms with Crippen LogP contribution in [0.4, 0.5) is 0 Å². The largest absolute Gasteiger partial charge is 0.310 e. The molecule has 0 heterocycles. The summed E-state index contributed by atoms with van der Waals surface area (Å²) < 4.78 is 1.25. The molecular formula is C15H22BrN. The number of nitrogens with one attached hydrogen (secondary N) is 1. The minimum atomic E-state index is 0.535. The van der Waals surface area contributed by atoms with E-state index in [2.05, 4.69) is 52.4 Å². The van der Waals surface area contributed by atoms with Gasteiger partial charge in [0, 0.05) is 10.5 Å². The van der Waals surface area contributed by atoms with E-state index >= 15 is 0 Å². The van der Waals surface area contributed by atoms with Gasteiger partial charge in [-0.05, 0) is 43.4 Å². The van der Waals surface area contributed by atoms with Crippen LogP contribution in [-0.4, -0.2) is 6.54 Å². The lowest BCUT2D eigenvalue weighted by molar-refractivity contribution is 0.367. The summed E-state index contributed by atoms with van der Waals surface area (Å²) in [6.45, 7) is 3.35. The molecule has 1 fully saturated rings. The molecule has 0 bridgehead atoms.